The average molecular weight is 400 g/mol. The van der Waals surface area contributed by atoms with Crippen molar-refractivity contribution in [1.82, 2.24) is 0 Å². The van der Waals surface area contributed by atoms with E-state index in [1.54, 1.807) is 12.1 Å². The van der Waals surface area contributed by atoms with Crippen LogP contribution in [-0.4, -0.2) is 13.2 Å². The maximum absolute atomic E-state index is 11.2. The number of hydrogen-bond donors (Lipinski definition) is 1. The normalized spacial score (nSPS) is 18.2. The van der Waals surface area contributed by atoms with Gasteiger partial charge in [-0.15, -0.1) is 0 Å². The molecule has 6 heteroatoms. The molecule has 3 N–H and O–H groups in total. The van der Waals surface area contributed by atoms with Crippen LogP contribution in [0.15, 0.2) is 24.3 Å². The fraction of sp³-hybridized carbons (Fsp3) is 0.714. The molecule has 1 atom stereocenters. The maximum Gasteiger partial charge on any atom is 0.319 e. The van der Waals surface area contributed by atoms with Crippen LogP contribution in [-0.2, 0) is 14.5 Å². The van der Waals surface area contributed by atoms with Crippen LogP contribution in [0.4, 0.5) is 0 Å². The second kappa shape index (κ2) is 10.1. The first-order valence-electron chi connectivity index (χ1n) is 9.85. The van der Waals surface area contributed by atoms with Crippen molar-refractivity contribution in [2.75, 3.05) is 7.11 Å². The van der Waals surface area contributed by atoms with Gasteiger partial charge < -0.3 is 19.7 Å². The van der Waals surface area contributed by atoms with Gasteiger partial charge in [-0.1, -0.05) is 53.2 Å². The molecule has 0 aromatic heterocycles. The highest BCUT2D eigenvalue weighted by Gasteiger charge is 2.27. The van der Waals surface area contributed by atoms with Gasteiger partial charge in [0.2, 0.25) is 0 Å². The van der Waals surface area contributed by atoms with Gasteiger partial charge in [0.15, 0.2) is 0 Å². The maximum atomic E-state index is 11.2. The molecule has 1 aromatic rings. The Labute approximate surface area is 165 Å². The zero-order valence-electron chi connectivity index (χ0n) is 17.9. The fourth-order valence-corrected chi connectivity index (χ4v) is 4.20. The lowest BCUT2D eigenvalue weighted by molar-refractivity contribution is -0.425. The van der Waals surface area contributed by atoms with Crippen molar-refractivity contribution in [3.8, 4) is 5.75 Å². The SMILES string of the molecule is COP(=O)([O-])Oc1ccc(C(C)(C)CC(C)(C)C)cc1.[NH3+]C1CCCCC1. The third kappa shape index (κ3) is 9.75. The summed E-state index contributed by atoms with van der Waals surface area (Å²) in [5.74, 6) is 0.264. The Kier molecular flexibility index (Phi) is 9.01. The molecule has 1 aliphatic carbocycles. The van der Waals surface area contributed by atoms with Gasteiger partial charge in [-0.3, -0.25) is 4.57 Å². The van der Waals surface area contributed by atoms with E-state index in [0.29, 0.717) is 0 Å². The molecule has 1 saturated carbocycles. The molecule has 156 valence electrons. The van der Waals surface area contributed by atoms with Crippen molar-refractivity contribution < 1.29 is 24.2 Å². The summed E-state index contributed by atoms with van der Waals surface area (Å²) in [5.41, 5.74) is 5.38. The van der Waals surface area contributed by atoms with E-state index in [-0.39, 0.29) is 16.6 Å². The minimum Gasteiger partial charge on any atom is -0.746 e. The van der Waals surface area contributed by atoms with Crippen LogP contribution in [0, 0.1) is 5.41 Å². The van der Waals surface area contributed by atoms with Gasteiger partial charge in [0, 0.05) is 7.11 Å². The predicted octanol–water partition coefficient (Wildman–Crippen LogP) is 4.46. The van der Waals surface area contributed by atoms with E-state index in [1.807, 2.05) is 12.1 Å². The van der Waals surface area contributed by atoms with Crippen LogP contribution >= 0.6 is 7.82 Å². The van der Waals surface area contributed by atoms with Crippen molar-refractivity contribution in [3.63, 3.8) is 0 Å². The van der Waals surface area contributed by atoms with E-state index in [0.717, 1.165) is 25.1 Å². The zero-order valence-corrected chi connectivity index (χ0v) is 18.8. The van der Waals surface area contributed by atoms with Crippen LogP contribution in [0.25, 0.3) is 0 Å². The van der Waals surface area contributed by atoms with Crippen molar-refractivity contribution in [2.24, 2.45) is 5.41 Å². The lowest BCUT2D eigenvalue weighted by Gasteiger charge is -2.33. The summed E-state index contributed by atoms with van der Waals surface area (Å²) in [6, 6.07) is 7.90. The van der Waals surface area contributed by atoms with Crippen molar-refractivity contribution in [2.45, 2.75) is 84.6 Å². The van der Waals surface area contributed by atoms with Gasteiger partial charge >= 0.3 is 7.82 Å². The highest BCUT2D eigenvalue weighted by atomic mass is 31.2. The van der Waals surface area contributed by atoms with Crippen molar-refractivity contribution in [3.05, 3.63) is 29.8 Å². The fourth-order valence-electron chi connectivity index (χ4n) is 3.75. The van der Waals surface area contributed by atoms with Crippen molar-refractivity contribution >= 4 is 7.82 Å². The zero-order chi connectivity index (χ0) is 20.7. The number of phosphoric ester groups is 1. The second-order valence-electron chi connectivity index (χ2n) is 9.37. The van der Waals surface area contributed by atoms with Crippen LogP contribution in [0.3, 0.4) is 0 Å². The van der Waals surface area contributed by atoms with Crippen LogP contribution < -0.4 is 15.2 Å². The molecule has 2 rings (SSSR count). The first kappa shape index (κ1) is 24.2. The molecule has 1 unspecified atom stereocenters. The molecule has 0 spiro atoms. The smallest absolute Gasteiger partial charge is 0.319 e. The lowest BCUT2D eigenvalue weighted by Crippen LogP contribution is -2.61. The van der Waals surface area contributed by atoms with E-state index in [9.17, 15) is 9.46 Å². The minimum atomic E-state index is -4.23. The molecule has 0 saturated heterocycles. The van der Waals surface area contributed by atoms with Gasteiger partial charge in [0.25, 0.3) is 0 Å². The number of benzene rings is 1. The van der Waals surface area contributed by atoms with E-state index >= 15 is 0 Å². The first-order chi connectivity index (χ1) is 12.3. The number of phosphoric acid groups is 1. The Morgan fingerprint density at radius 1 is 1.07 bits per heavy atom. The summed E-state index contributed by atoms with van der Waals surface area (Å²) >= 11 is 0. The first-order valence-corrected chi connectivity index (χ1v) is 11.3. The Balaban J connectivity index is 0.000000433. The lowest BCUT2D eigenvalue weighted by atomic mass is 9.72. The molecular formula is C21H38NO4P. The van der Waals surface area contributed by atoms with Crippen molar-refractivity contribution in [1.29, 1.82) is 0 Å². The third-order valence-electron chi connectivity index (χ3n) is 4.77. The highest BCUT2D eigenvalue weighted by molar-refractivity contribution is 7.46. The van der Waals surface area contributed by atoms with Crippen LogP contribution in [0.2, 0.25) is 0 Å². The topological polar surface area (TPSA) is 86.2 Å². The van der Waals surface area contributed by atoms with Gasteiger partial charge in [-0.25, -0.2) is 0 Å². The molecule has 0 radical (unpaired) electrons. The number of rotatable bonds is 5. The second-order valence-corrected chi connectivity index (χ2v) is 10.8. The largest absolute Gasteiger partial charge is 0.746 e. The van der Waals surface area contributed by atoms with Crippen LogP contribution in [0.1, 0.15) is 78.7 Å². The molecule has 1 fully saturated rings. The van der Waals surface area contributed by atoms with E-state index < -0.39 is 7.82 Å². The molecule has 27 heavy (non-hydrogen) atoms. The molecule has 5 nitrogen and oxygen atoms in total. The summed E-state index contributed by atoms with van der Waals surface area (Å²) in [4.78, 5) is 11.2. The van der Waals surface area contributed by atoms with Gasteiger partial charge in [-0.05, 0) is 60.6 Å². The Morgan fingerprint density at radius 3 is 1.96 bits per heavy atom. The van der Waals surface area contributed by atoms with E-state index in [1.165, 1.54) is 32.1 Å². The molecule has 1 aliphatic rings. The Morgan fingerprint density at radius 2 is 1.59 bits per heavy atom. The van der Waals surface area contributed by atoms with Gasteiger partial charge in [0.05, 0.1) is 6.04 Å². The number of hydrogen-bond acceptors (Lipinski definition) is 4. The molecule has 0 amide bonds. The minimum absolute atomic E-state index is 0.0131. The molecule has 1 aromatic carbocycles. The van der Waals surface area contributed by atoms with Gasteiger partial charge in [0.1, 0.15) is 5.75 Å². The van der Waals surface area contributed by atoms with Crippen LogP contribution in [0.5, 0.6) is 5.75 Å². The molecule has 0 heterocycles. The third-order valence-corrected chi connectivity index (χ3v) is 5.66. The van der Waals surface area contributed by atoms with E-state index in [2.05, 4.69) is 44.9 Å². The molecule has 0 aliphatic heterocycles. The summed E-state index contributed by atoms with van der Waals surface area (Å²) in [6.07, 6.45) is 8.08. The number of quaternary nitrogens is 1. The summed E-state index contributed by atoms with van der Waals surface area (Å²) in [5, 5.41) is 0. The summed E-state index contributed by atoms with van der Waals surface area (Å²) < 4.78 is 20.3. The summed E-state index contributed by atoms with van der Waals surface area (Å²) in [6.45, 7) is 11.0. The monoisotopic (exact) mass is 399 g/mol. The quantitative estimate of drug-likeness (QED) is 0.741. The molecular weight excluding hydrogens is 361 g/mol. The Bertz CT molecular complexity index is 602. The Hall–Kier alpha value is -0.870. The van der Waals surface area contributed by atoms with Gasteiger partial charge in [-0.2, -0.15) is 0 Å². The summed E-state index contributed by atoms with van der Waals surface area (Å²) in [7, 11) is -3.16. The average Bonchev–Trinajstić information content (AvgIpc) is 2.54. The van der Waals surface area contributed by atoms with E-state index in [4.69, 9.17) is 4.52 Å². The predicted molar refractivity (Wildman–Crippen MR) is 109 cm³/mol. The standard InChI is InChI=1S/C15H25O4P.C6H13N/c1-14(2,3)11-15(4,5)12-7-9-13(10-8-12)19-20(16,17)18-6;7-6-4-2-1-3-5-6/h7-10H,11H2,1-6H3,(H,16,17);6H,1-5,7H2. The highest BCUT2D eigenvalue weighted by Crippen LogP contribution is 2.40. The molecule has 0 bridgehead atoms.